The van der Waals surface area contributed by atoms with Crippen LogP contribution >= 0.6 is 0 Å². The maximum Gasteiger partial charge on any atom is 0.326 e. The summed E-state index contributed by atoms with van der Waals surface area (Å²) in [6.07, 6.45) is -0.145. The highest BCUT2D eigenvalue weighted by atomic mass is 16.4. The number of para-hydroxylation sites is 1. The van der Waals surface area contributed by atoms with E-state index in [1.54, 1.807) is 12.3 Å². The molecule has 0 aliphatic carbocycles. The second kappa shape index (κ2) is 11.8. The van der Waals surface area contributed by atoms with Crippen molar-refractivity contribution in [2.45, 2.75) is 44.0 Å². The maximum absolute atomic E-state index is 12.9. The molecule has 0 aliphatic heterocycles. The highest BCUT2D eigenvalue weighted by Gasteiger charge is 2.29. The van der Waals surface area contributed by atoms with Crippen LogP contribution in [0.15, 0.2) is 30.5 Å². The molecule has 0 fully saturated rings. The zero-order valence-electron chi connectivity index (χ0n) is 18.4. The van der Waals surface area contributed by atoms with E-state index in [1.165, 1.54) is 6.92 Å². The van der Waals surface area contributed by atoms with Crippen LogP contribution in [0.5, 0.6) is 0 Å². The molecule has 2 aromatic rings. The third kappa shape index (κ3) is 7.28. The molecule has 34 heavy (non-hydrogen) atoms. The van der Waals surface area contributed by atoms with Gasteiger partial charge in [0.15, 0.2) is 0 Å². The zero-order valence-corrected chi connectivity index (χ0v) is 18.4. The Morgan fingerprint density at radius 3 is 2.35 bits per heavy atom. The van der Waals surface area contributed by atoms with E-state index >= 15 is 0 Å². The summed E-state index contributed by atoms with van der Waals surface area (Å²) in [6.45, 7) is 0.775. The number of primary amides is 1. The van der Waals surface area contributed by atoms with Gasteiger partial charge in [-0.3, -0.25) is 19.2 Å². The second-order valence-corrected chi connectivity index (χ2v) is 7.74. The summed E-state index contributed by atoms with van der Waals surface area (Å²) in [4.78, 5) is 62.8. The molecule has 1 aromatic carbocycles. The number of aliphatic carboxylic acids is 1. The van der Waals surface area contributed by atoms with Gasteiger partial charge < -0.3 is 42.6 Å². The first-order chi connectivity index (χ1) is 16.0. The number of aromatic amines is 1. The molecule has 0 saturated carbocycles. The Morgan fingerprint density at radius 1 is 1.06 bits per heavy atom. The van der Waals surface area contributed by atoms with Crippen molar-refractivity contribution in [1.29, 1.82) is 0 Å². The highest BCUT2D eigenvalue weighted by Crippen LogP contribution is 2.19. The van der Waals surface area contributed by atoms with Crippen molar-refractivity contribution >= 4 is 40.5 Å². The number of nitrogens with two attached hydrogens (primary N) is 2. The molecule has 0 saturated heterocycles. The number of benzene rings is 1. The molecule has 1 heterocycles. The van der Waals surface area contributed by atoms with Crippen LogP contribution < -0.4 is 27.4 Å². The Balaban J connectivity index is 2.18. The largest absolute Gasteiger partial charge is 0.480 e. The van der Waals surface area contributed by atoms with E-state index in [-0.39, 0.29) is 6.42 Å². The molecule has 0 aliphatic rings. The van der Waals surface area contributed by atoms with E-state index in [4.69, 9.17) is 11.5 Å². The first kappa shape index (κ1) is 26.3. The molecule has 13 nitrogen and oxygen atoms in total. The topological polar surface area (TPSA) is 230 Å². The van der Waals surface area contributed by atoms with E-state index in [0.717, 1.165) is 10.9 Å². The minimum atomic E-state index is -1.59. The lowest BCUT2D eigenvalue weighted by Gasteiger charge is -2.21. The van der Waals surface area contributed by atoms with Crippen LogP contribution in [0, 0.1) is 0 Å². The van der Waals surface area contributed by atoms with E-state index in [0.29, 0.717) is 5.56 Å². The minimum Gasteiger partial charge on any atom is -0.480 e. The summed E-state index contributed by atoms with van der Waals surface area (Å²) in [7, 11) is 0. The summed E-state index contributed by atoms with van der Waals surface area (Å²) < 4.78 is 0. The molecule has 2 unspecified atom stereocenters. The van der Waals surface area contributed by atoms with E-state index < -0.39 is 66.8 Å². The SMILES string of the molecule is CC(O)C(N)C(=O)NCC(=O)N[C@@H](Cc1c[nH]c2ccccc12)C(=O)N[C@@H](CC(N)=O)C(=O)O. The van der Waals surface area contributed by atoms with Gasteiger partial charge in [0.25, 0.3) is 0 Å². The normalized spacial score (nSPS) is 14.4. The smallest absolute Gasteiger partial charge is 0.326 e. The number of aliphatic hydroxyl groups excluding tert-OH is 1. The Labute approximate surface area is 194 Å². The van der Waals surface area contributed by atoms with Gasteiger partial charge in [-0.1, -0.05) is 18.2 Å². The molecular weight excluding hydrogens is 448 g/mol. The molecule has 0 radical (unpaired) electrons. The van der Waals surface area contributed by atoms with Gasteiger partial charge in [0.1, 0.15) is 18.1 Å². The van der Waals surface area contributed by atoms with Gasteiger partial charge in [0, 0.05) is 23.5 Å². The van der Waals surface area contributed by atoms with Crippen molar-refractivity contribution in [3.8, 4) is 0 Å². The number of carbonyl (C=O) groups excluding carboxylic acids is 4. The summed E-state index contributed by atoms with van der Waals surface area (Å²) in [5.74, 6) is -4.78. The van der Waals surface area contributed by atoms with Gasteiger partial charge in [0.05, 0.1) is 19.1 Å². The Hall–Kier alpha value is -3.97. The number of nitrogens with one attached hydrogen (secondary N) is 4. The Bertz CT molecular complexity index is 1070. The van der Waals surface area contributed by atoms with Crippen molar-refractivity contribution < 1.29 is 34.2 Å². The number of hydrogen-bond donors (Lipinski definition) is 8. The first-order valence-electron chi connectivity index (χ1n) is 10.4. The lowest BCUT2D eigenvalue weighted by atomic mass is 10.0. The molecular formula is C21H28N6O7. The van der Waals surface area contributed by atoms with Gasteiger partial charge >= 0.3 is 5.97 Å². The van der Waals surface area contributed by atoms with Crippen LogP contribution in [0.2, 0.25) is 0 Å². The molecule has 13 heteroatoms. The summed E-state index contributed by atoms with van der Waals surface area (Å²) >= 11 is 0. The van der Waals surface area contributed by atoms with Crippen molar-refractivity contribution in [3.63, 3.8) is 0 Å². The van der Waals surface area contributed by atoms with E-state index in [2.05, 4.69) is 20.9 Å². The van der Waals surface area contributed by atoms with Gasteiger partial charge in [-0.05, 0) is 18.6 Å². The fourth-order valence-electron chi connectivity index (χ4n) is 3.15. The minimum absolute atomic E-state index is 0.0222. The van der Waals surface area contributed by atoms with Crippen LogP contribution in [-0.2, 0) is 30.4 Å². The third-order valence-corrected chi connectivity index (χ3v) is 5.02. The predicted molar refractivity (Wildman–Crippen MR) is 120 cm³/mol. The Kier molecular flexibility index (Phi) is 9.10. The highest BCUT2D eigenvalue weighted by molar-refractivity contribution is 5.94. The number of H-pyrrole nitrogens is 1. The molecule has 0 bridgehead atoms. The standard InChI is InChI=1S/C21H28N6O7/c1-10(28)18(23)20(32)25-9-17(30)26-14(19(31)27-15(21(33)34)7-16(22)29)6-11-8-24-13-5-3-2-4-12(11)13/h2-5,8,10,14-15,18,24,28H,6-7,9,23H2,1H3,(H2,22,29)(H,25,32)(H,26,30)(H,27,31)(H,33,34)/t10?,14-,15-,18?/m0/s1. The quantitative estimate of drug-likeness (QED) is 0.162. The summed E-state index contributed by atoms with van der Waals surface area (Å²) in [5, 5.41) is 26.4. The van der Waals surface area contributed by atoms with E-state index in [9.17, 15) is 34.2 Å². The number of hydrogen-bond acceptors (Lipinski definition) is 7. The fourth-order valence-corrected chi connectivity index (χ4v) is 3.15. The molecule has 2 rings (SSSR count). The monoisotopic (exact) mass is 476 g/mol. The van der Waals surface area contributed by atoms with Crippen molar-refractivity contribution in [2.75, 3.05) is 6.54 Å². The molecule has 184 valence electrons. The van der Waals surface area contributed by atoms with Crippen LogP contribution in [0.25, 0.3) is 10.9 Å². The number of carboxylic acids is 1. The molecule has 4 atom stereocenters. The average molecular weight is 476 g/mol. The number of aromatic nitrogens is 1. The van der Waals surface area contributed by atoms with Crippen LogP contribution in [0.3, 0.4) is 0 Å². The summed E-state index contributed by atoms with van der Waals surface area (Å²) in [6, 6.07) is 3.16. The van der Waals surface area contributed by atoms with Crippen LogP contribution in [-0.4, -0.2) is 75.6 Å². The molecule has 0 spiro atoms. The van der Waals surface area contributed by atoms with Gasteiger partial charge in [-0.25, -0.2) is 4.79 Å². The molecule has 1 aromatic heterocycles. The summed E-state index contributed by atoms with van der Waals surface area (Å²) in [5.41, 5.74) is 12.0. The predicted octanol–water partition coefficient (Wildman–Crippen LogP) is -2.54. The third-order valence-electron chi connectivity index (χ3n) is 5.02. The van der Waals surface area contributed by atoms with Gasteiger partial charge in [0.2, 0.25) is 23.6 Å². The number of rotatable bonds is 12. The van der Waals surface area contributed by atoms with Crippen molar-refractivity contribution in [3.05, 3.63) is 36.0 Å². The lowest BCUT2D eigenvalue weighted by molar-refractivity contribution is -0.143. The number of amides is 4. The van der Waals surface area contributed by atoms with Gasteiger partial charge in [-0.2, -0.15) is 0 Å². The number of aliphatic hydroxyl groups is 1. The lowest BCUT2D eigenvalue weighted by Crippen LogP contribution is -2.55. The zero-order chi connectivity index (χ0) is 25.4. The van der Waals surface area contributed by atoms with E-state index in [1.807, 2.05) is 18.2 Å². The number of carboxylic acid groups (broad SMARTS) is 1. The maximum atomic E-state index is 12.9. The Morgan fingerprint density at radius 2 is 1.74 bits per heavy atom. The van der Waals surface area contributed by atoms with Crippen LogP contribution in [0.1, 0.15) is 18.9 Å². The van der Waals surface area contributed by atoms with Gasteiger partial charge in [-0.15, -0.1) is 0 Å². The van der Waals surface area contributed by atoms with Crippen molar-refractivity contribution in [2.24, 2.45) is 11.5 Å². The first-order valence-corrected chi connectivity index (χ1v) is 10.4. The molecule has 4 amide bonds. The fraction of sp³-hybridized carbons (Fsp3) is 0.381. The second-order valence-electron chi connectivity index (χ2n) is 7.74. The van der Waals surface area contributed by atoms with Crippen molar-refractivity contribution in [1.82, 2.24) is 20.9 Å². The van der Waals surface area contributed by atoms with Crippen LogP contribution in [0.4, 0.5) is 0 Å². The number of carbonyl (C=O) groups is 5. The number of fused-ring (bicyclic) bond motifs is 1. The average Bonchev–Trinajstić information content (AvgIpc) is 3.18. The molecule has 10 N–H and O–H groups in total.